The average Bonchev–Trinajstić information content (AvgIpc) is 2.20. The van der Waals surface area contributed by atoms with Crippen LogP contribution >= 0.6 is 11.6 Å². The highest BCUT2D eigenvalue weighted by Crippen LogP contribution is 2.17. The Labute approximate surface area is 86.2 Å². The van der Waals surface area contributed by atoms with Gasteiger partial charge in [-0.15, -0.1) is 0 Å². The highest BCUT2D eigenvalue weighted by atomic mass is 35.5. The molecule has 0 bridgehead atoms. The van der Waals surface area contributed by atoms with Gasteiger partial charge in [-0.3, -0.25) is 0 Å². The third kappa shape index (κ3) is 4.14. The zero-order valence-corrected chi connectivity index (χ0v) is 9.52. The van der Waals surface area contributed by atoms with Crippen LogP contribution in [0.1, 0.15) is 33.3 Å². The largest absolute Gasteiger partial charge is 0.0843 e. The van der Waals surface area contributed by atoms with E-state index in [1.807, 2.05) is 39.0 Å². The Bertz CT molecular complexity index is 274. The van der Waals surface area contributed by atoms with Gasteiger partial charge in [-0.2, -0.15) is 0 Å². The standard InChI is InChI=1S/C10H11Cl.C2H6/c1-3-8(2)9-5-4-6-10(11)7-9;1-2/h3-7H,1-2H3;1-2H3/b8-3+;. The van der Waals surface area contributed by atoms with Gasteiger partial charge in [-0.1, -0.05) is 43.7 Å². The fourth-order valence-corrected chi connectivity index (χ4v) is 1.09. The van der Waals surface area contributed by atoms with E-state index in [0.29, 0.717) is 0 Å². The van der Waals surface area contributed by atoms with Crippen LogP contribution < -0.4 is 0 Å². The van der Waals surface area contributed by atoms with Crippen LogP contribution in [0.4, 0.5) is 0 Å². The summed E-state index contributed by atoms with van der Waals surface area (Å²) >= 11 is 5.82. The summed E-state index contributed by atoms with van der Waals surface area (Å²) in [4.78, 5) is 0. The van der Waals surface area contributed by atoms with Crippen molar-refractivity contribution in [3.05, 3.63) is 40.9 Å². The Balaban J connectivity index is 0.000000671. The maximum Gasteiger partial charge on any atom is 0.0412 e. The molecule has 0 spiro atoms. The van der Waals surface area contributed by atoms with E-state index in [0.717, 1.165) is 5.02 Å². The zero-order chi connectivity index (χ0) is 10.3. The fraction of sp³-hybridized carbons (Fsp3) is 0.333. The molecule has 0 unspecified atom stereocenters. The van der Waals surface area contributed by atoms with Crippen molar-refractivity contribution >= 4 is 17.2 Å². The summed E-state index contributed by atoms with van der Waals surface area (Å²) < 4.78 is 0. The molecular weight excluding hydrogens is 180 g/mol. The summed E-state index contributed by atoms with van der Waals surface area (Å²) in [7, 11) is 0. The van der Waals surface area contributed by atoms with E-state index < -0.39 is 0 Å². The highest BCUT2D eigenvalue weighted by molar-refractivity contribution is 6.30. The fourth-order valence-electron chi connectivity index (χ4n) is 0.900. The molecule has 72 valence electrons. The molecule has 1 heteroatoms. The van der Waals surface area contributed by atoms with Crippen molar-refractivity contribution in [2.45, 2.75) is 27.7 Å². The van der Waals surface area contributed by atoms with Gasteiger partial charge in [-0.05, 0) is 37.1 Å². The molecule has 13 heavy (non-hydrogen) atoms. The van der Waals surface area contributed by atoms with Crippen molar-refractivity contribution in [2.24, 2.45) is 0 Å². The lowest BCUT2D eigenvalue weighted by atomic mass is 10.1. The SMILES string of the molecule is C/C=C(\C)c1cccc(Cl)c1.CC. The number of rotatable bonds is 1. The summed E-state index contributed by atoms with van der Waals surface area (Å²) in [6.07, 6.45) is 2.08. The van der Waals surface area contributed by atoms with Crippen LogP contribution in [0.25, 0.3) is 5.57 Å². The molecule has 1 aromatic carbocycles. The van der Waals surface area contributed by atoms with Crippen LogP contribution in [0.15, 0.2) is 30.3 Å². The molecule has 0 nitrogen and oxygen atoms in total. The maximum absolute atomic E-state index is 5.82. The molecule has 0 heterocycles. The minimum absolute atomic E-state index is 0.795. The maximum atomic E-state index is 5.82. The summed E-state index contributed by atoms with van der Waals surface area (Å²) in [5, 5.41) is 0.795. The second-order valence-corrected chi connectivity index (χ2v) is 2.92. The molecular formula is C12H17Cl. The molecule has 0 saturated carbocycles. The Morgan fingerprint density at radius 3 is 2.38 bits per heavy atom. The van der Waals surface area contributed by atoms with Gasteiger partial charge in [0.05, 0.1) is 0 Å². The van der Waals surface area contributed by atoms with Gasteiger partial charge >= 0.3 is 0 Å². The van der Waals surface area contributed by atoms with Crippen molar-refractivity contribution in [2.75, 3.05) is 0 Å². The first-order valence-corrected chi connectivity index (χ1v) is 5.00. The number of hydrogen-bond donors (Lipinski definition) is 0. The minimum Gasteiger partial charge on any atom is -0.0843 e. The summed E-state index contributed by atoms with van der Waals surface area (Å²) in [6.45, 7) is 8.10. The van der Waals surface area contributed by atoms with E-state index in [-0.39, 0.29) is 0 Å². The lowest BCUT2D eigenvalue weighted by molar-refractivity contribution is 1.50. The van der Waals surface area contributed by atoms with Crippen molar-refractivity contribution < 1.29 is 0 Å². The smallest absolute Gasteiger partial charge is 0.0412 e. The first-order valence-electron chi connectivity index (χ1n) is 4.63. The number of hydrogen-bond acceptors (Lipinski definition) is 0. The minimum atomic E-state index is 0.795. The third-order valence-corrected chi connectivity index (χ3v) is 1.95. The molecule has 0 aliphatic rings. The van der Waals surface area contributed by atoms with Gasteiger partial charge in [0.15, 0.2) is 0 Å². The molecule has 0 aliphatic heterocycles. The Kier molecular flexibility index (Phi) is 6.34. The third-order valence-electron chi connectivity index (χ3n) is 1.71. The van der Waals surface area contributed by atoms with Gasteiger partial charge < -0.3 is 0 Å². The second kappa shape index (κ2) is 6.73. The van der Waals surface area contributed by atoms with Crippen molar-refractivity contribution in [3.8, 4) is 0 Å². The van der Waals surface area contributed by atoms with Crippen LogP contribution in [0.3, 0.4) is 0 Å². The average molecular weight is 197 g/mol. The predicted molar refractivity (Wildman–Crippen MR) is 62.1 cm³/mol. The van der Waals surface area contributed by atoms with Crippen LogP contribution in [0.2, 0.25) is 5.02 Å². The monoisotopic (exact) mass is 196 g/mol. The summed E-state index contributed by atoms with van der Waals surface area (Å²) in [6, 6.07) is 7.87. The molecule has 0 aliphatic carbocycles. The lowest BCUT2D eigenvalue weighted by Gasteiger charge is -1.99. The lowest BCUT2D eigenvalue weighted by Crippen LogP contribution is -1.77. The number of allylic oxidation sites excluding steroid dienone is 2. The van der Waals surface area contributed by atoms with Gasteiger partial charge in [-0.25, -0.2) is 0 Å². The number of benzene rings is 1. The van der Waals surface area contributed by atoms with Crippen LogP contribution in [0.5, 0.6) is 0 Å². The van der Waals surface area contributed by atoms with E-state index in [1.54, 1.807) is 0 Å². The first-order chi connectivity index (χ1) is 6.24. The van der Waals surface area contributed by atoms with Gasteiger partial charge in [0.2, 0.25) is 0 Å². The van der Waals surface area contributed by atoms with Crippen LogP contribution in [0, 0.1) is 0 Å². The van der Waals surface area contributed by atoms with Crippen LogP contribution in [-0.4, -0.2) is 0 Å². The topological polar surface area (TPSA) is 0 Å². The second-order valence-electron chi connectivity index (χ2n) is 2.48. The zero-order valence-electron chi connectivity index (χ0n) is 8.76. The van der Waals surface area contributed by atoms with Gasteiger partial charge in [0, 0.05) is 5.02 Å². The van der Waals surface area contributed by atoms with E-state index in [1.165, 1.54) is 11.1 Å². The predicted octanol–water partition coefficient (Wildman–Crippen LogP) is 4.79. The summed E-state index contributed by atoms with van der Waals surface area (Å²) in [5.41, 5.74) is 2.45. The van der Waals surface area contributed by atoms with E-state index >= 15 is 0 Å². The quantitative estimate of drug-likeness (QED) is 0.606. The van der Waals surface area contributed by atoms with Crippen LogP contribution in [-0.2, 0) is 0 Å². The summed E-state index contributed by atoms with van der Waals surface area (Å²) in [5.74, 6) is 0. The molecule has 0 atom stereocenters. The van der Waals surface area contributed by atoms with Crippen molar-refractivity contribution in [1.82, 2.24) is 0 Å². The molecule has 1 rings (SSSR count). The molecule has 0 amide bonds. The molecule has 1 aromatic rings. The first kappa shape index (κ1) is 12.2. The molecule has 0 radical (unpaired) electrons. The van der Waals surface area contributed by atoms with Crippen molar-refractivity contribution in [3.63, 3.8) is 0 Å². The molecule has 0 aromatic heterocycles. The van der Waals surface area contributed by atoms with Gasteiger partial charge in [0.25, 0.3) is 0 Å². The number of halogens is 1. The van der Waals surface area contributed by atoms with Gasteiger partial charge in [0.1, 0.15) is 0 Å². The molecule has 0 fully saturated rings. The van der Waals surface area contributed by atoms with Crippen molar-refractivity contribution in [1.29, 1.82) is 0 Å². The normalized spacial score (nSPS) is 10.4. The molecule has 0 N–H and O–H groups in total. The Hall–Kier alpha value is -0.750. The van der Waals surface area contributed by atoms with E-state index in [4.69, 9.17) is 11.6 Å². The highest BCUT2D eigenvalue weighted by Gasteiger charge is 1.93. The Morgan fingerprint density at radius 2 is 1.92 bits per heavy atom. The Morgan fingerprint density at radius 1 is 1.31 bits per heavy atom. The van der Waals surface area contributed by atoms with E-state index in [9.17, 15) is 0 Å². The molecule has 0 saturated heterocycles. The van der Waals surface area contributed by atoms with E-state index in [2.05, 4.69) is 19.1 Å².